The molecule has 4 aromatic rings. The van der Waals surface area contributed by atoms with Gasteiger partial charge in [0.05, 0.1) is 22.5 Å². The van der Waals surface area contributed by atoms with Crippen LogP contribution in [0.15, 0.2) is 59.7 Å². The number of carbonyl (C=O) groups is 3. The Kier molecular flexibility index (Phi) is 10.3. The van der Waals surface area contributed by atoms with Gasteiger partial charge in [0.25, 0.3) is 17.7 Å². The van der Waals surface area contributed by atoms with Crippen LogP contribution in [0, 0.1) is 11.8 Å². The predicted octanol–water partition coefficient (Wildman–Crippen LogP) is 5.90. The molecule has 0 saturated heterocycles. The van der Waals surface area contributed by atoms with Gasteiger partial charge in [0.15, 0.2) is 0 Å². The van der Waals surface area contributed by atoms with E-state index in [0.717, 1.165) is 5.56 Å². The lowest BCUT2D eigenvalue weighted by molar-refractivity contribution is -0.122. The SMILES string of the molecule is CCNC(=O)C(=NC(=O)C(C)(C)c1ccc2nc(C(NC(=O)c3ccnn3C)C(c3ccccc3Cl)C(C)C)[nH]c2c1)C(C)C. The Morgan fingerprint density at radius 3 is 2.38 bits per heavy atom. The number of aliphatic imine (C=N–C) groups is 1. The highest BCUT2D eigenvalue weighted by molar-refractivity contribution is 6.41. The molecule has 0 aliphatic rings. The van der Waals surface area contributed by atoms with Crippen LogP contribution in [-0.2, 0) is 22.1 Å². The van der Waals surface area contributed by atoms with Crippen molar-refractivity contribution in [2.45, 2.75) is 65.8 Å². The van der Waals surface area contributed by atoms with Gasteiger partial charge in [0.1, 0.15) is 17.2 Å². The van der Waals surface area contributed by atoms with Crippen molar-refractivity contribution in [1.29, 1.82) is 0 Å². The molecule has 3 amide bonds. The molecule has 0 saturated carbocycles. The molecule has 2 unspecified atom stereocenters. The number of amides is 3. The Balaban J connectivity index is 1.78. The van der Waals surface area contributed by atoms with E-state index >= 15 is 0 Å². The topological polar surface area (TPSA) is 134 Å². The van der Waals surface area contributed by atoms with Gasteiger partial charge in [-0.25, -0.2) is 9.98 Å². The number of rotatable bonds is 11. The summed E-state index contributed by atoms with van der Waals surface area (Å²) in [7, 11) is 1.72. The molecule has 0 radical (unpaired) electrons. The molecule has 0 aliphatic carbocycles. The number of halogens is 1. The number of fused-ring (bicyclic) bond motifs is 1. The van der Waals surface area contributed by atoms with Crippen LogP contribution in [0.2, 0.25) is 5.02 Å². The summed E-state index contributed by atoms with van der Waals surface area (Å²) in [6, 6.07) is 14.3. The van der Waals surface area contributed by atoms with Gasteiger partial charge in [-0.2, -0.15) is 5.10 Å². The van der Waals surface area contributed by atoms with Gasteiger partial charge in [-0.3, -0.25) is 19.1 Å². The van der Waals surface area contributed by atoms with E-state index in [2.05, 4.69) is 39.6 Å². The van der Waals surface area contributed by atoms with Crippen molar-refractivity contribution in [1.82, 2.24) is 30.4 Å². The van der Waals surface area contributed by atoms with Crippen molar-refractivity contribution in [3.05, 3.63) is 82.4 Å². The second-order valence-corrected chi connectivity index (χ2v) is 12.8. The second-order valence-electron chi connectivity index (χ2n) is 12.4. The molecule has 0 aliphatic heterocycles. The van der Waals surface area contributed by atoms with Crippen LogP contribution in [0.1, 0.15) is 87.9 Å². The Hall–Kier alpha value is -4.31. The summed E-state index contributed by atoms with van der Waals surface area (Å²) in [5, 5.41) is 10.7. The van der Waals surface area contributed by atoms with E-state index in [1.807, 2.05) is 63.2 Å². The summed E-state index contributed by atoms with van der Waals surface area (Å²) in [6.07, 6.45) is 1.58. The average molecular weight is 632 g/mol. The van der Waals surface area contributed by atoms with Crippen LogP contribution < -0.4 is 10.6 Å². The highest BCUT2D eigenvalue weighted by Gasteiger charge is 2.35. The molecular weight excluding hydrogens is 590 g/mol. The molecule has 11 heteroatoms. The predicted molar refractivity (Wildman–Crippen MR) is 178 cm³/mol. The van der Waals surface area contributed by atoms with Crippen LogP contribution in [0.4, 0.5) is 0 Å². The Bertz CT molecular complexity index is 1730. The van der Waals surface area contributed by atoms with Crippen molar-refractivity contribution in [2.24, 2.45) is 23.9 Å². The molecular formula is C34H42ClN7O3. The number of imidazole rings is 1. The first-order valence-corrected chi connectivity index (χ1v) is 15.6. The lowest BCUT2D eigenvalue weighted by Crippen LogP contribution is -2.36. The van der Waals surface area contributed by atoms with Gasteiger partial charge >= 0.3 is 0 Å². The largest absolute Gasteiger partial charge is 0.351 e. The first-order chi connectivity index (χ1) is 21.3. The normalized spacial score (nSPS) is 13.7. The van der Waals surface area contributed by atoms with Crippen LogP contribution in [0.3, 0.4) is 0 Å². The summed E-state index contributed by atoms with van der Waals surface area (Å²) >= 11 is 6.70. The second kappa shape index (κ2) is 13.8. The van der Waals surface area contributed by atoms with E-state index < -0.39 is 17.4 Å². The fourth-order valence-corrected chi connectivity index (χ4v) is 5.70. The molecule has 2 atom stereocenters. The Morgan fingerprint density at radius 1 is 1.07 bits per heavy atom. The molecule has 0 spiro atoms. The molecule has 4 rings (SSSR count). The number of nitrogens with one attached hydrogen (secondary N) is 3. The van der Waals surface area contributed by atoms with Crippen LogP contribution >= 0.6 is 11.6 Å². The van der Waals surface area contributed by atoms with Crippen molar-refractivity contribution in [3.8, 4) is 0 Å². The highest BCUT2D eigenvalue weighted by atomic mass is 35.5. The number of hydrogen-bond acceptors (Lipinski definition) is 5. The molecule has 45 heavy (non-hydrogen) atoms. The minimum atomic E-state index is -1.03. The zero-order chi connectivity index (χ0) is 33.1. The maximum absolute atomic E-state index is 13.5. The summed E-state index contributed by atoms with van der Waals surface area (Å²) in [6.45, 7) is 13.7. The number of nitrogens with zero attached hydrogens (tertiary/aromatic N) is 4. The first kappa shape index (κ1) is 33.6. The van der Waals surface area contributed by atoms with Crippen LogP contribution in [0.5, 0.6) is 0 Å². The van der Waals surface area contributed by atoms with Gasteiger partial charge in [-0.05, 0) is 62.1 Å². The van der Waals surface area contributed by atoms with Crippen molar-refractivity contribution >= 4 is 46.1 Å². The standard InChI is InChI=1S/C34H42ClN7O3/c1-9-36-32(44)28(20(4)5)41-33(45)34(6,7)21-14-15-24-25(18-21)39-30(38-24)29(40-31(43)26-16-17-37-42(26)8)27(19(2)3)22-12-10-11-13-23(22)35/h10-20,27,29H,9H2,1-8H3,(H,36,44)(H,38,39)(H,40,43). The summed E-state index contributed by atoms with van der Waals surface area (Å²) in [5.74, 6) is -0.890. The van der Waals surface area contributed by atoms with E-state index in [4.69, 9.17) is 16.6 Å². The fraction of sp³-hybridized carbons (Fsp3) is 0.412. The number of carbonyl (C=O) groups excluding carboxylic acids is 3. The number of aromatic amines is 1. The average Bonchev–Trinajstić information content (AvgIpc) is 3.61. The number of H-pyrrole nitrogens is 1. The first-order valence-electron chi connectivity index (χ1n) is 15.2. The molecule has 2 heterocycles. The number of benzene rings is 2. The third-order valence-corrected chi connectivity index (χ3v) is 8.42. The number of hydrogen-bond donors (Lipinski definition) is 3. The van der Waals surface area contributed by atoms with Gasteiger partial charge in [0.2, 0.25) is 0 Å². The molecule has 10 nitrogen and oxygen atoms in total. The quantitative estimate of drug-likeness (QED) is 0.177. The fourth-order valence-electron chi connectivity index (χ4n) is 5.44. The maximum Gasteiger partial charge on any atom is 0.270 e. The minimum absolute atomic E-state index is 0.0694. The summed E-state index contributed by atoms with van der Waals surface area (Å²) < 4.78 is 1.52. The zero-order valence-corrected chi connectivity index (χ0v) is 27.9. The molecule has 2 aromatic carbocycles. The summed E-state index contributed by atoms with van der Waals surface area (Å²) in [5.41, 5.74) is 2.55. The van der Waals surface area contributed by atoms with Gasteiger partial charge in [-0.1, -0.05) is 63.6 Å². The number of aryl methyl sites for hydroxylation is 1. The molecule has 0 fully saturated rings. The molecule has 0 bridgehead atoms. The van der Waals surface area contributed by atoms with Crippen molar-refractivity contribution in [2.75, 3.05) is 6.54 Å². The van der Waals surface area contributed by atoms with E-state index in [1.165, 1.54) is 4.68 Å². The van der Waals surface area contributed by atoms with Crippen LogP contribution in [-0.4, -0.2) is 49.7 Å². The third kappa shape index (κ3) is 7.17. The van der Waals surface area contributed by atoms with Gasteiger partial charge in [-0.15, -0.1) is 0 Å². The Morgan fingerprint density at radius 2 is 1.78 bits per heavy atom. The molecule has 238 valence electrons. The van der Waals surface area contributed by atoms with Crippen LogP contribution in [0.25, 0.3) is 11.0 Å². The summed E-state index contributed by atoms with van der Waals surface area (Å²) in [4.78, 5) is 52.2. The molecule has 3 N–H and O–H groups in total. The van der Waals surface area contributed by atoms with Gasteiger partial charge in [0, 0.05) is 36.6 Å². The molecule has 2 aromatic heterocycles. The number of aromatic nitrogens is 4. The Labute approximate surface area is 269 Å². The van der Waals surface area contributed by atoms with Crippen molar-refractivity contribution in [3.63, 3.8) is 0 Å². The third-order valence-electron chi connectivity index (χ3n) is 8.07. The van der Waals surface area contributed by atoms with E-state index in [0.29, 0.717) is 39.7 Å². The van der Waals surface area contributed by atoms with E-state index in [-0.39, 0.29) is 35.3 Å². The van der Waals surface area contributed by atoms with E-state index in [1.54, 1.807) is 33.2 Å². The lowest BCUT2D eigenvalue weighted by atomic mass is 9.81. The minimum Gasteiger partial charge on any atom is -0.351 e. The monoisotopic (exact) mass is 631 g/mol. The zero-order valence-electron chi connectivity index (χ0n) is 27.1. The highest BCUT2D eigenvalue weighted by Crippen LogP contribution is 2.40. The lowest BCUT2D eigenvalue weighted by Gasteiger charge is -2.31. The van der Waals surface area contributed by atoms with E-state index in [9.17, 15) is 14.4 Å². The smallest absolute Gasteiger partial charge is 0.270 e. The maximum atomic E-state index is 13.5. The van der Waals surface area contributed by atoms with Crippen molar-refractivity contribution < 1.29 is 14.4 Å². The van der Waals surface area contributed by atoms with Gasteiger partial charge < -0.3 is 15.6 Å².